The first-order valence-electron chi connectivity index (χ1n) is 7.04. The molecule has 1 fully saturated rings. The molecule has 1 aromatic carbocycles. The lowest BCUT2D eigenvalue weighted by Gasteiger charge is -2.39. The molecule has 3 heteroatoms. The summed E-state index contributed by atoms with van der Waals surface area (Å²) in [4.78, 5) is 0. The standard InChI is InChI=1S/C16H23BrClN/c1-16(2,3)19-10-13-5-4-11(13)8-12-6-7-14(17)9-15(12)18/h6-7,9,11,13,19H,4-5,8,10H2,1-3H3. The summed E-state index contributed by atoms with van der Waals surface area (Å²) in [5, 5.41) is 4.52. The zero-order chi connectivity index (χ0) is 14.0. The van der Waals surface area contributed by atoms with Crippen LogP contribution in [-0.2, 0) is 6.42 Å². The smallest absolute Gasteiger partial charge is 0.0449 e. The number of halogens is 2. The lowest BCUT2D eigenvalue weighted by Crippen LogP contribution is -2.44. The highest BCUT2D eigenvalue weighted by Crippen LogP contribution is 2.38. The molecule has 0 radical (unpaired) electrons. The summed E-state index contributed by atoms with van der Waals surface area (Å²) in [6, 6.07) is 6.24. The Balaban J connectivity index is 1.89. The summed E-state index contributed by atoms with van der Waals surface area (Å²) >= 11 is 9.76. The fourth-order valence-corrected chi connectivity index (χ4v) is 3.33. The second-order valence-electron chi connectivity index (χ2n) is 6.67. The summed E-state index contributed by atoms with van der Waals surface area (Å²) in [6.07, 6.45) is 3.80. The van der Waals surface area contributed by atoms with Crippen molar-refractivity contribution in [2.75, 3.05) is 6.54 Å². The van der Waals surface area contributed by atoms with Gasteiger partial charge in [0.1, 0.15) is 0 Å². The Kier molecular flexibility index (Phi) is 4.97. The predicted molar refractivity (Wildman–Crippen MR) is 86.8 cm³/mol. The average molecular weight is 345 g/mol. The van der Waals surface area contributed by atoms with Crippen LogP contribution >= 0.6 is 27.5 Å². The Morgan fingerprint density at radius 3 is 2.47 bits per heavy atom. The Hall–Kier alpha value is -0.0500. The van der Waals surface area contributed by atoms with Crippen LogP contribution in [0, 0.1) is 11.8 Å². The third-order valence-electron chi connectivity index (χ3n) is 3.97. The fourth-order valence-electron chi connectivity index (χ4n) is 2.58. The Bertz CT molecular complexity index is 439. The van der Waals surface area contributed by atoms with Crippen molar-refractivity contribution in [2.45, 2.75) is 45.6 Å². The van der Waals surface area contributed by atoms with Gasteiger partial charge in [0.25, 0.3) is 0 Å². The van der Waals surface area contributed by atoms with Gasteiger partial charge in [-0.05, 0) is 76.1 Å². The van der Waals surface area contributed by atoms with Crippen molar-refractivity contribution in [3.63, 3.8) is 0 Å². The van der Waals surface area contributed by atoms with Gasteiger partial charge >= 0.3 is 0 Å². The molecule has 2 rings (SSSR count). The molecule has 0 aliphatic heterocycles. The first kappa shape index (κ1) is 15.3. The van der Waals surface area contributed by atoms with Gasteiger partial charge in [-0.2, -0.15) is 0 Å². The molecule has 1 aromatic rings. The summed E-state index contributed by atoms with van der Waals surface area (Å²) in [5.74, 6) is 1.59. The molecule has 0 heterocycles. The first-order valence-corrected chi connectivity index (χ1v) is 8.21. The van der Waals surface area contributed by atoms with Crippen LogP contribution in [0.15, 0.2) is 22.7 Å². The second-order valence-corrected chi connectivity index (χ2v) is 7.99. The van der Waals surface area contributed by atoms with E-state index in [0.29, 0.717) is 0 Å². The number of hydrogen-bond acceptors (Lipinski definition) is 1. The summed E-state index contributed by atoms with van der Waals surface area (Å²) < 4.78 is 1.06. The van der Waals surface area contributed by atoms with Crippen LogP contribution in [0.5, 0.6) is 0 Å². The quantitative estimate of drug-likeness (QED) is 0.805. The summed E-state index contributed by atoms with van der Waals surface area (Å²) in [5.41, 5.74) is 1.50. The van der Waals surface area contributed by atoms with Crippen LogP contribution < -0.4 is 5.32 Å². The molecule has 1 aliphatic carbocycles. The van der Waals surface area contributed by atoms with E-state index in [-0.39, 0.29) is 5.54 Å². The van der Waals surface area contributed by atoms with Crippen molar-refractivity contribution in [1.82, 2.24) is 5.32 Å². The van der Waals surface area contributed by atoms with Gasteiger partial charge in [0.2, 0.25) is 0 Å². The summed E-state index contributed by atoms with van der Waals surface area (Å²) in [7, 11) is 0. The van der Waals surface area contributed by atoms with Crippen LogP contribution in [0.3, 0.4) is 0 Å². The third-order valence-corrected chi connectivity index (χ3v) is 4.81. The molecular weight excluding hydrogens is 322 g/mol. The summed E-state index contributed by atoms with van der Waals surface area (Å²) in [6.45, 7) is 7.81. The van der Waals surface area contributed by atoms with Crippen LogP contribution in [0.1, 0.15) is 39.2 Å². The molecule has 0 bridgehead atoms. The van der Waals surface area contributed by atoms with Crippen LogP contribution in [0.4, 0.5) is 0 Å². The van der Waals surface area contributed by atoms with Crippen LogP contribution in [-0.4, -0.2) is 12.1 Å². The molecular formula is C16H23BrClN. The average Bonchev–Trinajstić information content (AvgIpc) is 2.24. The fraction of sp³-hybridized carbons (Fsp3) is 0.625. The van der Waals surface area contributed by atoms with Crippen LogP contribution in [0.25, 0.3) is 0 Å². The topological polar surface area (TPSA) is 12.0 Å². The Labute approximate surface area is 130 Å². The number of benzene rings is 1. The maximum Gasteiger partial charge on any atom is 0.0449 e. The number of rotatable bonds is 4. The van der Waals surface area contributed by atoms with Gasteiger partial charge in [-0.25, -0.2) is 0 Å². The molecule has 19 heavy (non-hydrogen) atoms. The van der Waals surface area contributed by atoms with Gasteiger partial charge < -0.3 is 5.32 Å². The van der Waals surface area contributed by atoms with Gasteiger partial charge in [0, 0.05) is 15.0 Å². The lowest BCUT2D eigenvalue weighted by molar-refractivity contribution is 0.159. The van der Waals surface area contributed by atoms with Crippen molar-refractivity contribution < 1.29 is 0 Å². The SMILES string of the molecule is CC(C)(C)NCC1CCC1Cc1ccc(Br)cc1Cl. The van der Waals surface area contributed by atoms with Crippen molar-refractivity contribution in [3.05, 3.63) is 33.3 Å². The zero-order valence-electron chi connectivity index (χ0n) is 12.0. The Morgan fingerprint density at radius 2 is 1.95 bits per heavy atom. The van der Waals surface area contributed by atoms with Gasteiger partial charge in [-0.1, -0.05) is 33.6 Å². The maximum absolute atomic E-state index is 6.31. The first-order chi connectivity index (χ1) is 8.85. The van der Waals surface area contributed by atoms with Crippen molar-refractivity contribution >= 4 is 27.5 Å². The molecule has 0 amide bonds. The van der Waals surface area contributed by atoms with Crippen molar-refractivity contribution in [1.29, 1.82) is 0 Å². The second kappa shape index (κ2) is 6.15. The van der Waals surface area contributed by atoms with E-state index in [0.717, 1.165) is 34.3 Å². The molecule has 2 unspecified atom stereocenters. The predicted octanol–water partition coefficient (Wildman–Crippen LogP) is 5.06. The van der Waals surface area contributed by atoms with E-state index in [4.69, 9.17) is 11.6 Å². The monoisotopic (exact) mass is 343 g/mol. The minimum Gasteiger partial charge on any atom is -0.312 e. The van der Waals surface area contributed by atoms with Gasteiger partial charge in [0.15, 0.2) is 0 Å². The molecule has 1 saturated carbocycles. The molecule has 0 saturated heterocycles. The van der Waals surface area contributed by atoms with Crippen molar-refractivity contribution in [2.24, 2.45) is 11.8 Å². The number of hydrogen-bond donors (Lipinski definition) is 1. The van der Waals surface area contributed by atoms with Crippen molar-refractivity contribution in [3.8, 4) is 0 Å². The van der Waals surface area contributed by atoms with E-state index in [9.17, 15) is 0 Å². The van der Waals surface area contributed by atoms with E-state index < -0.39 is 0 Å². The van der Waals surface area contributed by atoms with Crippen LogP contribution in [0.2, 0.25) is 5.02 Å². The van der Waals surface area contributed by atoms with E-state index in [2.05, 4.69) is 54.2 Å². The largest absolute Gasteiger partial charge is 0.312 e. The highest BCUT2D eigenvalue weighted by atomic mass is 79.9. The lowest BCUT2D eigenvalue weighted by atomic mass is 9.70. The van der Waals surface area contributed by atoms with E-state index in [1.165, 1.54) is 18.4 Å². The minimum atomic E-state index is 0.218. The Morgan fingerprint density at radius 1 is 1.26 bits per heavy atom. The van der Waals surface area contributed by atoms with E-state index in [1.54, 1.807) is 0 Å². The molecule has 1 nitrogen and oxygen atoms in total. The normalized spacial score (nSPS) is 23.2. The number of nitrogens with one attached hydrogen (secondary N) is 1. The van der Waals surface area contributed by atoms with Gasteiger partial charge in [0.05, 0.1) is 0 Å². The van der Waals surface area contributed by atoms with Gasteiger partial charge in [-0.15, -0.1) is 0 Å². The van der Waals surface area contributed by atoms with E-state index >= 15 is 0 Å². The molecule has 106 valence electrons. The molecule has 1 aliphatic rings. The molecule has 0 spiro atoms. The zero-order valence-corrected chi connectivity index (χ0v) is 14.3. The highest BCUT2D eigenvalue weighted by molar-refractivity contribution is 9.10. The third kappa shape index (κ3) is 4.47. The van der Waals surface area contributed by atoms with Gasteiger partial charge in [-0.3, -0.25) is 0 Å². The highest BCUT2D eigenvalue weighted by Gasteiger charge is 2.31. The molecule has 2 atom stereocenters. The molecule has 0 aromatic heterocycles. The van der Waals surface area contributed by atoms with E-state index in [1.807, 2.05) is 6.07 Å². The maximum atomic E-state index is 6.31. The minimum absolute atomic E-state index is 0.218. The molecule has 1 N–H and O–H groups in total.